The first-order valence-corrected chi connectivity index (χ1v) is 4.13. The number of nitrogens with zero attached hydrogens (tertiary/aromatic N) is 1. The highest BCUT2D eigenvalue weighted by Crippen LogP contribution is 2.28. The fourth-order valence-corrected chi connectivity index (χ4v) is 1.30. The van der Waals surface area contributed by atoms with Gasteiger partial charge < -0.3 is 4.57 Å². The van der Waals surface area contributed by atoms with Gasteiger partial charge in [0.1, 0.15) is 5.69 Å². The SMILES string of the molecule is CCc1cc(=O)cc(C(F)(F)F)n1C. The number of hydrogen-bond acceptors (Lipinski definition) is 1. The summed E-state index contributed by atoms with van der Waals surface area (Å²) in [6, 6.07) is 1.83. The van der Waals surface area contributed by atoms with Gasteiger partial charge in [-0.1, -0.05) is 6.92 Å². The van der Waals surface area contributed by atoms with E-state index in [0.717, 1.165) is 4.57 Å². The zero-order chi connectivity index (χ0) is 10.9. The van der Waals surface area contributed by atoms with Gasteiger partial charge in [-0.3, -0.25) is 4.79 Å². The molecule has 0 aliphatic heterocycles. The number of halogens is 3. The second-order valence-corrected chi connectivity index (χ2v) is 2.98. The van der Waals surface area contributed by atoms with Crippen LogP contribution in [-0.2, 0) is 19.6 Å². The van der Waals surface area contributed by atoms with Gasteiger partial charge in [0.2, 0.25) is 0 Å². The second kappa shape index (κ2) is 3.48. The topological polar surface area (TPSA) is 22.0 Å². The predicted molar refractivity (Wildman–Crippen MR) is 46.1 cm³/mol. The van der Waals surface area contributed by atoms with Crippen molar-refractivity contribution < 1.29 is 13.2 Å². The van der Waals surface area contributed by atoms with E-state index in [9.17, 15) is 18.0 Å². The third-order valence-corrected chi connectivity index (χ3v) is 2.03. The van der Waals surface area contributed by atoms with Crippen molar-refractivity contribution in [3.8, 4) is 0 Å². The Balaban J connectivity index is 3.45. The molecular formula is C9H10F3NO. The van der Waals surface area contributed by atoms with E-state index in [-0.39, 0.29) is 0 Å². The summed E-state index contributed by atoms with van der Waals surface area (Å²) >= 11 is 0. The minimum absolute atomic E-state index is 0.379. The molecule has 0 aliphatic rings. The lowest BCUT2D eigenvalue weighted by Gasteiger charge is -2.15. The molecular weight excluding hydrogens is 195 g/mol. The van der Waals surface area contributed by atoms with Gasteiger partial charge in [0.05, 0.1) is 0 Å². The normalized spacial score (nSPS) is 11.8. The lowest BCUT2D eigenvalue weighted by Crippen LogP contribution is -2.20. The molecule has 0 fully saturated rings. The molecule has 0 bridgehead atoms. The van der Waals surface area contributed by atoms with Crippen LogP contribution in [0.2, 0.25) is 0 Å². The Hall–Kier alpha value is -1.26. The van der Waals surface area contributed by atoms with Crippen LogP contribution in [-0.4, -0.2) is 4.57 Å². The van der Waals surface area contributed by atoms with E-state index in [0.29, 0.717) is 18.2 Å². The number of rotatable bonds is 1. The Kier molecular flexibility index (Phi) is 2.69. The first kappa shape index (κ1) is 10.8. The van der Waals surface area contributed by atoms with Gasteiger partial charge in [-0.05, 0) is 6.42 Å². The van der Waals surface area contributed by atoms with E-state index in [4.69, 9.17) is 0 Å². The van der Waals surface area contributed by atoms with Gasteiger partial charge in [0.15, 0.2) is 5.43 Å². The van der Waals surface area contributed by atoms with E-state index in [2.05, 4.69) is 0 Å². The Bertz CT molecular complexity index is 392. The third kappa shape index (κ3) is 1.97. The van der Waals surface area contributed by atoms with Crippen LogP contribution in [0.3, 0.4) is 0 Å². The quantitative estimate of drug-likeness (QED) is 0.687. The Labute approximate surface area is 79.0 Å². The second-order valence-electron chi connectivity index (χ2n) is 2.98. The highest BCUT2D eigenvalue weighted by Gasteiger charge is 2.33. The first-order valence-electron chi connectivity index (χ1n) is 4.13. The van der Waals surface area contributed by atoms with Crippen molar-refractivity contribution in [2.24, 2.45) is 7.05 Å². The van der Waals surface area contributed by atoms with Crippen molar-refractivity contribution in [2.75, 3.05) is 0 Å². The largest absolute Gasteiger partial charge is 0.431 e. The van der Waals surface area contributed by atoms with Crippen molar-refractivity contribution in [1.29, 1.82) is 0 Å². The molecule has 0 aliphatic carbocycles. The molecule has 0 radical (unpaired) electrons. The van der Waals surface area contributed by atoms with E-state index in [1.165, 1.54) is 13.1 Å². The summed E-state index contributed by atoms with van der Waals surface area (Å²) in [6.07, 6.45) is -4.07. The fourth-order valence-electron chi connectivity index (χ4n) is 1.30. The van der Waals surface area contributed by atoms with Crippen LogP contribution >= 0.6 is 0 Å². The van der Waals surface area contributed by atoms with Crippen LogP contribution in [0.4, 0.5) is 13.2 Å². The van der Waals surface area contributed by atoms with Gasteiger partial charge in [-0.2, -0.15) is 13.2 Å². The fraction of sp³-hybridized carbons (Fsp3) is 0.444. The van der Waals surface area contributed by atoms with Crippen LogP contribution in [0.25, 0.3) is 0 Å². The van der Waals surface area contributed by atoms with E-state index < -0.39 is 17.3 Å². The molecule has 0 atom stereocenters. The van der Waals surface area contributed by atoms with Crippen molar-refractivity contribution in [1.82, 2.24) is 4.57 Å². The molecule has 1 aromatic heterocycles. The smallest absolute Gasteiger partial charge is 0.344 e. The molecule has 0 aromatic carbocycles. The van der Waals surface area contributed by atoms with Crippen molar-refractivity contribution in [3.05, 3.63) is 33.7 Å². The molecule has 1 heterocycles. The molecule has 0 amide bonds. The van der Waals surface area contributed by atoms with E-state index in [1.54, 1.807) is 6.92 Å². The summed E-state index contributed by atoms with van der Waals surface area (Å²) in [5, 5.41) is 0. The molecule has 1 rings (SSSR count). The van der Waals surface area contributed by atoms with Gasteiger partial charge in [0, 0.05) is 24.9 Å². The Morgan fingerprint density at radius 3 is 2.36 bits per heavy atom. The van der Waals surface area contributed by atoms with Crippen LogP contribution in [0.1, 0.15) is 18.3 Å². The Morgan fingerprint density at radius 2 is 1.93 bits per heavy atom. The summed E-state index contributed by atoms with van der Waals surface area (Å²) < 4.78 is 38.2. The number of hydrogen-bond donors (Lipinski definition) is 0. The van der Waals surface area contributed by atoms with Crippen molar-refractivity contribution in [3.63, 3.8) is 0 Å². The Morgan fingerprint density at radius 1 is 1.36 bits per heavy atom. The minimum atomic E-state index is -4.47. The molecule has 5 heteroatoms. The number of aryl methyl sites for hydroxylation is 1. The van der Waals surface area contributed by atoms with E-state index >= 15 is 0 Å². The zero-order valence-electron chi connectivity index (χ0n) is 7.85. The highest BCUT2D eigenvalue weighted by atomic mass is 19.4. The predicted octanol–water partition coefficient (Wildman–Crippen LogP) is 1.97. The molecule has 1 aromatic rings. The van der Waals surface area contributed by atoms with Gasteiger partial charge in [-0.25, -0.2) is 0 Å². The first-order chi connectivity index (χ1) is 6.36. The van der Waals surface area contributed by atoms with E-state index in [1.807, 2.05) is 0 Å². The van der Waals surface area contributed by atoms with Crippen LogP contribution in [0, 0.1) is 0 Å². The molecule has 0 N–H and O–H groups in total. The lowest BCUT2D eigenvalue weighted by atomic mass is 10.2. The van der Waals surface area contributed by atoms with Crippen LogP contribution in [0.5, 0.6) is 0 Å². The molecule has 14 heavy (non-hydrogen) atoms. The maximum Gasteiger partial charge on any atom is 0.431 e. The number of aromatic nitrogens is 1. The van der Waals surface area contributed by atoms with Crippen molar-refractivity contribution >= 4 is 0 Å². The molecule has 0 spiro atoms. The third-order valence-electron chi connectivity index (χ3n) is 2.03. The lowest BCUT2D eigenvalue weighted by molar-refractivity contribution is -0.143. The summed E-state index contributed by atoms with van der Waals surface area (Å²) in [5.41, 5.74) is -1.13. The molecule has 0 saturated heterocycles. The molecule has 0 unspecified atom stereocenters. The maximum atomic E-state index is 12.4. The highest BCUT2D eigenvalue weighted by molar-refractivity contribution is 5.16. The van der Waals surface area contributed by atoms with Crippen molar-refractivity contribution in [2.45, 2.75) is 19.5 Å². The molecule has 78 valence electrons. The average molecular weight is 205 g/mol. The monoisotopic (exact) mass is 205 g/mol. The molecule has 0 saturated carbocycles. The summed E-state index contributed by atoms with van der Waals surface area (Å²) in [7, 11) is 1.31. The summed E-state index contributed by atoms with van der Waals surface area (Å²) in [4.78, 5) is 11.0. The average Bonchev–Trinajstić information content (AvgIpc) is 2.06. The minimum Gasteiger partial charge on any atom is -0.344 e. The van der Waals surface area contributed by atoms with Gasteiger partial charge >= 0.3 is 6.18 Å². The van der Waals surface area contributed by atoms with Gasteiger partial charge in [-0.15, -0.1) is 0 Å². The number of pyridine rings is 1. The molecule has 2 nitrogen and oxygen atoms in total. The standard InChI is InChI=1S/C9H10F3NO/c1-3-6-4-7(14)5-8(13(6)2)9(10,11)12/h4-5H,3H2,1-2H3. The van der Waals surface area contributed by atoms with Gasteiger partial charge in [0.25, 0.3) is 0 Å². The maximum absolute atomic E-state index is 12.4. The zero-order valence-corrected chi connectivity index (χ0v) is 7.85. The summed E-state index contributed by atoms with van der Waals surface area (Å²) in [6.45, 7) is 1.70. The van der Waals surface area contributed by atoms with Crippen LogP contribution < -0.4 is 5.43 Å². The summed E-state index contributed by atoms with van der Waals surface area (Å²) in [5.74, 6) is 0. The number of alkyl halides is 3. The van der Waals surface area contributed by atoms with Crippen LogP contribution in [0.15, 0.2) is 16.9 Å².